The van der Waals surface area contributed by atoms with E-state index in [9.17, 15) is 9.50 Å². The van der Waals surface area contributed by atoms with Gasteiger partial charge in [0.1, 0.15) is 13.0 Å². The average Bonchev–Trinajstić information content (AvgIpc) is 2.38. The summed E-state index contributed by atoms with van der Waals surface area (Å²) in [6.45, 7) is 4.09. The predicted octanol–water partition coefficient (Wildman–Crippen LogP) is 2.78. The lowest BCUT2D eigenvalue weighted by Crippen LogP contribution is -2.23. The average molecular weight is 291 g/mol. The first-order chi connectivity index (χ1) is 9.10. The zero-order valence-corrected chi connectivity index (χ0v) is 11.9. The van der Waals surface area contributed by atoms with Gasteiger partial charge in [0.15, 0.2) is 0 Å². The minimum absolute atomic E-state index is 0.177. The van der Waals surface area contributed by atoms with E-state index in [1.165, 1.54) is 0 Å². The molecule has 0 aliphatic rings. The standard InChI is InChI=1S/C13H20ClFN2O2/c1-9-6-10(2)12(17-8-19-14)7-11(9)13(18)16-5-3-4-15/h6-7,13,16-18H,3-5,8H2,1-2H3. The summed E-state index contributed by atoms with van der Waals surface area (Å²) >= 11 is 5.16. The molecule has 0 saturated heterocycles. The first-order valence-corrected chi connectivity index (χ1v) is 6.47. The molecule has 1 aromatic carbocycles. The van der Waals surface area contributed by atoms with Crippen LogP contribution < -0.4 is 10.6 Å². The Kier molecular flexibility index (Phi) is 7.09. The third kappa shape index (κ3) is 4.95. The molecule has 0 fully saturated rings. The minimum atomic E-state index is -0.815. The van der Waals surface area contributed by atoms with Crippen LogP contribution in [0.1, 0.15) is 29.3 Å². The number of rotatable bonds is 8. The Balaban J connectivity index is 2.80. The molecular formula is C13H20ClFN2O2. The zero-order chi connectivity index (χ0) is 14.3. The van der Waals surface area contributed by atoms with Crippen LogP contribution in [-0.4, -0.2) is 25.1 Å². The molecule has 0 aliphatic carbocycles. The van der Waals surface area contributed by atoms with Crippen LogP contribution in [0.2, 0.25) is 0 Å². The second kappa shape index (κ2) is 8.32. The van der Waals surface area contributed by atoms with Crippen molar-refractivity contribution in [1.82, 2.24) is 5.32 Å². The number of hydrogen-bond acceptors (Lipinski definition) is 4. The molecule has 19 heavy (non-hydrogen) atoms. The van der Waals surface area contributed by atoms with Crippen LogP contribution in [0.25, 0.3) is 0 Å². The maximum atomic E-state index is 12.0. The molecule has 0 saturated carbocycles. The number of anilines is 1. The van der Waals surface area contributed by atoms with Crippen molar-refractivity contribution in [2.45, 2.75) is 26.5 Å². The summed E-state index contributed by atoms with van der Waals surface area (Å²) in [4.78, 5) is 0. The fraction of sp³-hybridized carbons (Fsp3) is 0.538. The zero-order valence-electron chi connectivity index (χ0n) is 11.2. The second-order valence-corrected chi connectivity index (χ2v) is 4.57. The van der Waals surface area contributed by atoms with Gasteiger partial charge in [-0.05, 0) is 37.5 Å². The van der Waals surface area contributed by atoms with Gasteiger partial charge < -0.3 is 10.4 Å². The SMILES string of the molecule is Cc1cc(C)c(C(O)NCCCF)cc1NCOCl. The van der Waals surface area contributed by atoms with Crippen LogP contribution in [0.5, 0.6) is 0 Å². The van der Waals surface area contributed by atoms with E-state index in [0.717, 1.165) is 22.4 Å². The molecule has 1 unspecified atom stereocenters. The van der Waals surface area contributed by atoms with Gasteiger partial charge in [0.25, 0.3) is 0 Å². The van der Waals surface area contributed by atoms with Gasteiger partial charge in [-0.15, -0.1) is 0 Å². The molecule has 4 nitrogen and oxygen atoms in total. The number of hydrogen-bond donors (Lipinski definition) is 3. The van der Waals surface area contributed by atoms with Crippen molar-refractivity contribution in [2.24, 2.45) is 0 Å². The molecular weight excluding hydrogens is 271 g/mol. The van der Waals surface area contributed by atoms with Crippen LogP contribution in [-0.2, 0) is 4.29 Å². The van der Waals surface area contributed by atoms with Gasteiger partial charge in [-0.2, -0.15) is 0 Å². The Morgan fingerprint density at radius 2 is 2.11 bits per heavy atom. The van der Waals surface area contributed by atoms with Crippen molar-refractivity contribution in [3.63, 3.8) is 0 Å². The summed E-state index contributed by atoms with van der Waals surface area (Å²) in [5.41, 5.74) is 3.59. The van der Waals surface area contributed by atoms with E-state index in [1.807, 2.05) is 26.0 Å². The second-order valence-electron chi connectivity index (χ2n) is 4.35. The first-order valence-electron chi connectivity index (χ1n) is 6.16. The van der Waals surface area contributed by atoms with E-state index < -0.39 is 12.9 Å². The van der Waals surface area contributed by atoms with E-state index in [4.69, 9.17) is 11.9 Å². The molecule has 108 valence electrons. The summed E-state index contributed by atoms with van der Waals surface area (Å²) in [5, 5.41) is 15.9. The Bertz CT molecular complexity index is 404. The number of aryl methyl sites for hydroxylation is 2. The van der Waals surface area contributed by atoms with E-state index in [2.05, 4.69) is 14.9 Å². The third-order valence-corrected chi connectivity index (χ3v) is 2.98. The molecule has 1 aromatic rings. The highest BCUT2D eigenvalue weighted by atomic mass is 35.5. The summed E-state index contributed by atoms with van der Waals surface area (Å²) in [6.07, 6.45) is -0.433. The van der Waals surface area contributed by atoms with Crippen molar-refractivity contribution in [3.8, 4) is 0 Å². The molecule has 0 aromatic heterocycles. The maximum Gasteiger partial charge on any atom is 0.137 e. The van der Waals surface area contributed by atoms with Crippen molar-refractivity contribution in [3.05, 3.63) is 28.8 Å². The van der Waals surface area contributed by atoms with Crippen LogP contribution in [0.15, 0.2) is 12.1 Å². The lowest BCUT2D eigenvalue weighted by Gasteiger charge is -2.18. The number of benzene rings is 1. The summed E-state index contributed by atoms with van der Waals surface area (Å²) < 4.78 is 16.5. The molecule has 1 atom stereocenters. The van der Waals surface area contributed by atoms with Crippen LogP contribution >= 0.6 is 11.9 Å². The Morgan fingerprint density at radius 1 is 1.37 bits per heavy atom. The first kappa shape index (κ1) is 16.2. The lowest BCUT2D eigenvalue weighted by molar-refractivity contribution is 0.137. The van der Waals surface area contributed by atoms with Crippen LogP contribution in [0.4, 0.5) is 10.1 Å². The topological polar surface area (TPSA) is 53.5 Å². The number of halogens is 2. The van der Waals surface area contributed by atoms with Crippen molar-refractivity contribution in [2.75, 3.05) is 25.3 Å². The lowest BCUT2D eigenvalue weighted by atomic mass is 10.0. The van der Waals surface area contributed by atoms with E-state index in [0.29, 0.717) is 13.0 Å². The van der Waals surface area contributed by atoms with Gasteiger partial charge in [0.05, 0.1) is 18.5 Å². The number of aliphatic hydroxyl groups is 1. The molecule has 1 rings (SSSR count). The molecule has 6 heteroatoms. The van der Waals surface area contributed by atoms with Gasteiger partial charge in [-0.1, -0.05) is 6.07 Å². The summed E-state index contributed by atoms with van der Waals surface area (Å²) in [6, 6.07) is 3.81. The third-order valence-electron chi connectivity index (χ3n) is 2.87. The normalized spacial score (nSPS) is 12.5. The van der Waals surface area contributed by atoms with Gasteiger partial charge in [-0.3, -0.25) is 14.0 Å². The fourth-order valence-corrected chi connectivity index (χ4v) is 1.93. The van der Waals surface area contributed by atoms with Gasteiger partial charge in [0, 0.05) is 17.8 Å². The van der Waals surface area contributed by atoms with Crippen molar-refractivity contribution < 1.29 is 13.8 Å². The highest BCUT2D eigenvalue weighted by molar-refractivity contribution is 6.07. The molecule has 0 amide bonds. The Morgan fingerprint density at radius 3 is 2.74 bits per heavy atom. The highest BCUT2D eigenvalue weighted by Crippen LogP contribution is 2.24. The quantitative estimate of drug-likeness (QED) is 0.509. The smallest absolute Gasteiger partial charge is 0.137 e. The molecule has 0 aliphatic heterocycles. The van der Waals surface area contributed by atoms with Crippen LogP contribution in [0.3, 0.4) is 0 Å². The van der Waals surface area contributed by atoms with Gasteiger partial charge in [0.2, 0.25) is 0 Å². The Labute approximate surface area is 118 Å². The van der Waals surface area contributed by atoms with E-state index in [1.54, 1.807) is 0 Å². The van der Waals surface area contributed by atoms with Gasteiger partial charge >= 0.3 is 0 Å². The highest BCUT2D eigenvalue weighted by Gasteiger charge is 2.12. The summed E-state index contributed by atoms with van der Waals surface area (Å²) in [5.74, 6) is 0. The van der Waals surface area contributed by atoms with Crippen LogP contribution in [0, 0.1) is 13.8 Å². The molecule has 0 radical (unpaired) electrons. The van der Waals surface area contributed by atoms with E-state index >= 15 is 0 Å². The Hall–Kier alpha value is -0.880. The van der Waals surface area contributed by atoms with Crippen molar-refractivity contribution >= 4 is 17.6 Å². The minimum Gasteiger partial charge on any atom is -0.374 e. The predicted molar refractivity (Wildman–Crippen MR) is 74.9 cm³/mol. The number of nitrogens with one attached hydrogen (secondary N) is 2. The number of aliphatic hydroxyl groups excluding tert-OH is 1. The van der Waals surface area contributed by atoms with Gasteiger partial charge in [-0.25, -0.2) is 0 Å². The monoisotopic (exact) mass is 290 g/mol. The summed E-state index contributed by atoms with van der Waals surface area (Å²) in [7, 11) is 0. The number of alkyl halides is 1. The molecule has 0 heterocycles. The molecule has 3 N–H and O–H groups in total. The van der Waals surface area contributed by atoms with E-state index in [-0.39, 0.29) is 6.73 Å². The molecule has 0 spiro atoms. The van der Waals surface area contributed by atoms with Crippen molar-refractivity contribution in [1.29, 1.82) is 0 Å². The maximum absolute atomic E-state index is 12.0. The largest absolute Gasteiger partial charge is 0.374 e. The molecule has 0 bridgehead atoms. The fourth-order valence-electron chi connectivity index (χ4n) is 1.87.